The molecule has 0 aliphatic heterocycles. The van der Waals surface area contributed by atoms with Crippen molar-refractivity contribution in [3.05, 3.63) is 83.7 Å². The number of sulfonamides is 1. The summed E-state index contributed by atoms with van der Waals surface area (Å²) >= 11 is 0. The molecule has 10 nitrogen and oxygen atoms in total. The van der Waals surface area contributed by atoms with Gasteiger partial charge >= 0.3 is 6.09 Å². The Hall–Kier alpha value is -3.96. The standard InChI is InChI=1S/C29H35N3O7S/c1-20(2)19-39-27-16-23(12-13-25(27)28(34)31-40(3,37)38)22-10-8-21(9-11-22)6-5-15-32(29(35)36)18-26(33)24-7-4-14-30-17-24/h4,7-14,16-17,20,26,33H,5-6,15,18-19H2,1-3H3,(H,31,34)(H,35,36)/t26-/m1/s1. The van der Waals surface area contributed by atoms with Crippen LogP contribution in [0.15, 0.2) is 67.0 Å². The monoisotopic (exact) mass is 569 g/mol. The van der Waals surface area contributed by atoms with Crippen LogP contribution in [0.3, 0.4) is 0 Å². The van der Waals surface area contributed by atoms with E-state index < -0.39 is 28.1 Å². The quantitative estimate of drug-likeness (QED) is 0.279. The number of ether oxygens (including phenoxy) is 1. The predicted molar refractivity (Wildman–Crippen MR) is 152 cm³/mol. The van der Waals surface area contributed by atoms with Crippen molar-refractivity contribution in [2.24, 2.45) is 5.92 Å². The number of aliphatic hydroxyl groups is 1. The molecule has 11 heteroatoms. The van der Waals surface area contributed by atoms with Crippen LogP contribution < -0.4 is 9.46 Å². The maximum Gasteiger partial charge on any atom is 0.407 e. The van der Waals surface area contributed by atoms with Crippen molar-refractivity contribution in [1.29, 1.82) is 0 Å². The van der Waals surface area contributed by atoms with E-state index in [4.69, 9.17) is 4.74 Å². The number of aliphatic hydroxyl groups excluding tert-OH is 1. The highest BCUT2D eigenvalue weighted by Gasteiger charge is 2.19. The molecule has 1 heterocycles. The van der Waals surface area contributed by atoms with Crippen LogP contribution in [0.1, 0.15) is 47.9 Å². The van der Waals surface area contributed by atoms with Gasteiger partial charge in [-0.15, -0.1) is 0 Å². The largest absolute Gasteiger partial charge is 0.492 e. The van der Waals surface area contributed by atoms with E-state index >= 15 is 0 Å². The zero-order valence-electron chi connectivity index (χ0n) is 22.8. The number of aryl methyl sites for hydroxylation is 1. The number of nitrogens with one attached hydrogen (secondary N) is 1. The predicted octanol–water partition coefficient (Wildman–Crippen LogP) is 4.12. The number of benzene rings is 2. The first-order chi connectivity index (χ1) is 18.9. The Morgan fingerprint density at radius 3 is 2.38 bits per heavy atom. The summed E-state index contributed by atoms with van der Waals surface area (Å²) in [6, 6.07) is 16.1. The third-order valence-corrected chi connectivity index (χ3v) is 6.55. The number of amides is 2. The third kappa shape index (κ3) is 9.35. The van der Waals surface area contributed by atoms with E-state index in [0.717, 1.165) is 22.9 Å². The van der Waals surface area contributed by atoms with Gasteiger partial charge in [0.1, 0.15) is 5.75 Å². The third-order valence-electron chi connectivity index (χ3n) is 5.99. The molecule has 0 saturated heterocycles. The minimum Gasteiger partial charge on any atom is -0.492 e. The molecular formula is C29H35N3O7S. The second-order valence-corrected chi connectivity index (χ2v) is 11.7. The number of nitrogens with zero attached hydrogens (tertiary/aromatic N) is 2. The summed E-state index contributed by atoms with van der Waals surface area (Å²) in [7, 11) is -3.73. The lowest BCUT2D eigenvalue weighted by Gasteiger charge is -2.22. The van der Waals surface area contributed by atoms with Crippen molar-refractivity contribution in [2.75, 3.05) is 26.0 Å². The maximum absolute atomic E-state index is 12.5. The molecule has 3 rings (SSSR count). The van der Waals surface area contributed by atoms with Crippen LogP contribution in [0.4, 0.5) is 4.79 Å². The average Bonchev–Trinajstić information content (AvgIpc) is 2.91. The second-order valence-electron chi connectivity index (χ2n) is 9.95. The van der Waals surface area contributed by atoms with Gasteiger partial charge in [0, 0.05) is 24.5 Å². The molecule has 0 aliphatic rings. The van der Waals surface area contributed by atoms with E-state index in [2.05, 4.69) is 4.98 Å². The fourth-order valence-electron chi connectivity index (χ4n) is 3.98. The summed E-state index contributed by atoms with van der Waals surface area (Å²) in [5, 5.41) is 19.9. The number of carbonyl (C=O) groups is 2. The van der Waals surface area contributed by atoms with Gasteiger partial charge in [0.2, 0.25) is 10.0 Å². The average molecular weight is 570 g/mol. The number of hydrogen-bond acceptors (Lipinski definition) is 7. The van der Waals surface area contributed by atoms with Crippen molar-refractivity contribution in [3.8, 4) is 16.9 Å². The van der Waals surface area contributed by atoms with E-state index in [1.807, 2.05) is 42.8 Å². The fourth-order valence-corrected chi connectivity index (χ4v) is 4.43. The van der Waals surface area contributed by atoms with E-state index in [1.165, 1.54) is 11.1 Å². The van der Waals surface area contributed by atoms with Gasteiger partial charge in [-0.1, -0.05) is 50.2 Å². The molecule has 2 amide bonds. The van der Waals surface area contributed by atoms with Crippen LogP contribution in [-0.2, 0) is 16.4 Å². The van der Waals surface area contributed by atoms with E-state index in [0.29, 0.717) is 30.8 Å². The number of pyridine rings is 1. The first kappa shape index (κ1) is 30.6. The van der Waals surface area contributed by atoms with Gasteiger partial charge in [0.05, 0.1) is 31.1 Å². The lowest BCUT2D eigenvalue weighted by Crippen LogP contribution is -2.34. The van der Waals surface area contributed by atoms with Gasteiger partial charge < -0.3 is 19.8 Å². The second kappa shape index (κ2) is 13.9. The van der Waals surface area contributed by atoms with Crippen LogP contribution in [0.5, 0.6) is 5.75 Å². The normalized spacial score (nSPS) is 12.1. The zero-order chi connectivity index (χ0) is 29.3. The van der Waals surface area contributed by atoms with Gasteiger partial charge in [-0.2, -0.15) is 0 Å². The Balaban J connectivity index is 1.66. The highest BCUT2D eigenvalue weighted by molar-refractivity contribution is 7.89. The Labute approximate surface area is 234 Å². The Morgan fingerprint density at radius 2 is 1.77 bits per heavy atom. The molecule has 0 saturated carbocycles. The molecule has 0 aliphatic carbocycles. The van der Waals surface area contributed by atoms with Crippen molar-refractivity contribution in [2.45, 2.75) is 32.8 Å². The maximum atomic E-state index is 12.5. The number of carboxylic acid groups (broad SMARTS) is 1. The molecule has 0 radical (unpaired) electrons. The minimum atomic E-state index is -3.73. The summed E-state index contributed by atoms with van der Waals surface area (Å²) in [6.07, 6.45) is 3.18. The van der Waals surface area contributed by atoms with Gasteiger partial charge in [-0.05, 0) is 53.6 Å². The summed E-state index contributed by atoms with van der Waals surface area (Å²) in [4.78, 5) is 29.4. The molecule has 214 valence electrons. The summed E-state index contributed by atoms with van der Waals surface area (Å²) in [5.41, 5.74) is 3.37. The highest BCUT2D eigenvalue weighted by Crippen LogP contribution is 2.29. The lowest BCUT2D eigenvalue weighted by molar-refractivity contribution is 0.0960. The summed E-state index contributed by atoms with van der Waals surface area (Å²) < 4.78 is 30.9. The highest BCUT2D eigenvalue weighted by atomic mass is 32.2. The van der Waals surface area contributed by atoms with Crippen LogP contribution in [-0.4, -0.2) is 66.5 Å². The molecule has 0 bridgehead atoms. The molecule has 0 spiro atoms. The molecule has 1 atom stereocenters. The Morgan fingerprint density at radius 1 is 1.07 bits per heavy atom. The Bertz CT molecular complexity index is 1390. The Kier molecular flexibility index (Phi) is 10.6. The van der Waals surface area contributed by atoms with E-state index in [1.54, 1.807) is 36.5 Å². The summed E-state index contributed by atoms with van der Waals surface area (Å²) in [6.45, 7) is 4.52. The van der Waals surface area contributed by atoms with Crippen LogP contribution in [0.2, 0.25) is 0 Å². The lowest BCUT2D eigenvalue weighted by atomic mass is 10.00. The molecule has 2 aromatic carbocycles. The van der Waals surface area contributed by atoms with Gasteiger partial charge in [-0.25, -0.2) is 17.9 Å². The van der Waals surface area contributed by atoms with Gasteiger partial charge in [0.25, 0.3) is 5.91 Å². The van der Waals surface area contributed by atoms with Crippen LogP contribution >= 0.6 is 0 Å². The van der Waals surface area contributed by atoms with E-state index in [9.17, 15) is 28.2 Å². The topological polar surface area (TPSA) is 146 Å². The van der Waals surface area contributed by atoms with Crippen LogP contribution in [0.25, 0.3) is 11.1 Å². The number of rotatable bonds is 13. The van der Waals surface area contributed by atoms with Crippen molar-refractivity contribution >= 4 is 22.0 Å². The summed E-state index contributed by atoms with van der Waals surface area (Å²) in [5.74, 6) is -0.269. The molecular weight excluding hydrogens is 534 g/mol. The molecule has 1 aromatic heterocycles. The number of hydrogen-bond donors (Lipinski definition) is 3. The molecule has 40 heavy (non-hydrogen) atoms. The van der Waals surface area contributed by atoms with Crippen LogP contribution in [0, 0.1) is 5.92 Å². The molecule has 3 N–H and O–H groups in total. The number of carbonyl (C=O) groups excluding carboxylic acids is 1. The zero-order valence-corrected chi connectivity index (χ0v) is 23.6. The van der Waals surface area contributed by atoms with Gasteiger partial charge in [-0.3, -0.25) is 9.78 Å². The molecule has 0 unspecified atom stereocenters. The first-order valence-electron chi connectivity index (χ1n) is 12.9. The minimum absolute atomic E-state index is 0.0423. The van der Waals surface area contributed by atoms with Crippen molar-refractivity contribution < 1.29 is 33.0 Å². The first-order valence-corrected chi connectivity index (χ1v) is 14.8. The van der Waals surface area contributed by atoms with Gasteiger partial charge in [0.15, 0.2) is 0 Å². The molecule has 0 fully saturated rings. The fraction of sp³-hybridized carbons (Fsp3) is 0.345. The van der Waals surface area contributed by atoms with E-state index in [-0.39, 0.29) is 24.6 Å². The molecule has 3 aromatic rings. The SMILES string of the molecule is CC(C)COc1cc(-c2ccc(CCCN(C[C@@H](O)c3cccnc3)C(=O)O)cc2)ccc1C(=O)NS(C)(=O)=O. The number of aromatic nitrogens is 1. The smallest absolute Gasteiger partial charge is 0.407 e. The van der Waals surface area contributed by atoms with Crippen molar-refractivity contribution in [1.82, 2.24) is 14.6 Å². The van der Waals surface area contributed by atoms with Crippen molar-refractivity contribution in [3.63, 3.8) is 0 Å².